The van der Waals surface area contributed by atoms with Crippen LogP contribution in [0.3, 0.4) is 0 Å². The van der Waals surface area contributed by atoms with Crippen molar-refractivity contribution in [3.8, 4) is 0 Å². The Morgan fingerprint density at radius 3 is 2.76 bits per heavy atom. The van der Waals surface area contributed by atoms with Crippen molar-refractivity contribution in [1.82, 2.24) is 5.32 Å². The highest BCUT2D eigenvalue weighted by Crippen LogP contribution is 2.20. The second kappa shape index (κ2) is 6.21. The van der Waals surface area contributed by atoms with E-state index in [2.05, 4.69) is 5.32 Å². The molecule has 0 unspecified atom stereocenters. The molecule has 1 amide bonds. The van der Waals surface area contributed by atoms with Crippen molar-refractivity contribution in [2.24, 2.45) is 11.8 Å². The fourth-order valence-electron chi connectivity index (χ4n) is 1.84. The molecule has 0 aliphatic carbocycles. The zero-order valence-electron chi connectivity index (χ0n) is 10.9. The summed E-state index contributed by atoms with van der Waals surface area (Å²) in [5.41, 5.74) is -0.483. The summed E-state index contributed by atoms with van der Waals surface area (Å²) in [6.45, 7) is 7.38. The molecule has 0 saturated carbocycles. The summed E-state index contributed by atoms with van der Waals surface area (Å²) in [5.74, 6) is 0.375. The number of hydrogen-bond acceptors (Lipinski definition) is 4. The van der Waals surface area contributed by atoms with Gasteiger partial charge in [0.25, 0.3) is 0 Å². The van der Waals surface area contributed by atoms with Crippen molar-refractivity contribution in [2.45, 2.75) is 32.8 Å². The Balaban J connectivity index is 2.31. The molecule has 5 heteroatoms. The van der Waals surface area contributed by atoms with Crippen LogP contribution in [0.1, 0.15) is 27.2 Å². The second-order valence-corrected chi connectivity index (χ2v) is 5.45. The minimum atomic E-state index is -0.483. The molecular weight excluding hydrogens is 222 g/mol. The summed E-state index contributed by atoms with van der Waals surface area (Å²) in [5, 5.41) is 11.9. The van der Waals surface area contributed by atoms with E-state index in [4.69, 9.17) is 9.47 Å². The molecule has 5 nitrogen and oxygen atoms in total. The minimum absolute atomic E-state index is 0.143. The lowest BCUT2D eigenvalue weighted by Crippen LogP contribution is -2.41. The van der Waals surface area contributed by atoms with Crippen molar-refractivity contribution >= 4 is 6.09 Å². The summed E-state index contributed by atoms with van der Waals surface area (Å²) in [7, 11) is 0. The first-order valence-corrected chi connectivity index (χ1v) is 6.08. The fourth-order valence-corrected chi connectivity index (χ4v) is 1.84. The number of carbonyl (C=O) groups excluding carboxylic acids is 1. The van der Waals surface area contributed by atoms with Gasteiger partial charge in [0.1, 0.15) is 5.60 Å². The lowest BCUT2D eigenvalue weighted by Gasteiger charge is -2.30. The molecule has 1 aliphatic heterocycles. The lowest BCUT2D eigenvalue weighted by atomic mass is 9.89. The molecule has 1 rings (SSSR count). The molecule has 0 aromatic carbocycles. The van der Waals surface area contributed by atoms with Crippen LogP contribution in [0.15, 0.2) is 0 Å². The number of ether oxygens (including phenoxy) is 2. The van der Waals surface area contributed by atoms with Crippen LogP contribution < -0.4 is 5.32 Å². The first kappa shape index (κ1) is 14.3. The number of amides is 1. The molecule has 2 N–H and O–H groups in total. The molecule has 0 bridgehead atoms. The van der Waals surface area contributed by atoms with Crippen molar-refractivity contribution in [2.75, 3.05) is 26.4 Å². The van der Waals surface area contributed by atoms with Gasteiger partial charge in [0, 0.05) is 25.7 Å². The average molecular weight is 245 g/mol. The van der Waals surface area contributed by atoms with Gasteiger partial charge >= 0.3 is 6.09 Å². The van der Waals surface area contributed by atoms with E-state index in [9.17, 15) is 9.90 Å². The zero-order chi connectivity index (χ0) is 12.9. The maximum Gasteiger partial charge on any atom is 0.407 e. The van der Waals surface area contributed by atoms with E-state index in [1.165, 1.54) is 0 Å². The van der Waals surface area contributed by atoms with Crippen LogP contribution in [0, 0.1) is 11.8 Å². The summed E-state index contributed by atoms with van der Waals surface area (Å²) >= 11 is 0. The van der Waals surface area contributed by atoms with Gasteiger partial charge < -0.3 is 19.9 Å². The first-order chi connectivity index (χ1) is 7.92. The van der Waals surface area contributed by atoms with E-state index in [1.54, 1.807) is 0 Å². The molecule has 0 radical (unpaired) electrons. The van der Waals surface area contributed by atoms with Crippen LogP contribution >= 0.6 is 0 Å². The van der Waals surface area contributed by atoms with E-state index in [1.807, 2.05) is 20.8 Å². The van der Waals surface area contributed by atoms with Crippen molar-refractivity contribution in [3.63, 3.8) is 0 Å². The number of carbonyl (C=O) groups is 1. The average Bonchev–Trinajstić information content (AvgIpc) is 2.24. The number of rotatable bonds is 3. The Labute approximate surface area is 102 Å². The molecule has 0 aromatic heterocycles. The van der Waals surface area contributed by atoms with Gasteiger partial charge in [0.15, 0.2) is 0 Å². The quantitative estimate of drug-likeness (QED) is 0.783. The van der Waals surface area contributed by atoms with E-state index in [0.29, 0.717) is 19.8 Å². The van der Waals surface area contributed by atoms with E-state index in [0.717, 1.165) is 6.42 Å². The maximum atomic E-state index is 11.5. The summed E-state index contributed by atoms with van der Waals surface area (Å²) in [6.07, 6.45) is 0.428. The van der Waals surface area contributed by atoms with Crippen molar-refractivity contribution in [1.29, 1.82) is 0 Å². The van der Waals surface area contributed by atoms with Crippen LogP contribution in [-0.2, 0) is 9.47 Å². The van der Waals surface area contributed by atoms with Gasteiger partial charge in [-0.3, -0.25) is 0 Å². The number of nitrogens with one attached hydrogen (secondary N) is 1. The number of hydrogen-bond donors (Lipinski definition) is 2. The predicted molar refractivity (Wildman–Crippen MR) is 63.7 cm³/mol. The fraction of sp³-hybridized carbons (Fsp3) is 0.917. The van der Waals surface area contributed by atoms with Crippen LogP contribution in [0.4, 0.5) is 4.79 Å². The second-order valence-electron chi connectivity index (χ2n) is 5.45. The van der Waals surface area contributed by atoms with Gasteiger partial charge in [-0.05, 0) is 33.1 Å². The highest BCUT2D eigenvalue weighted by molar-refractivity contribution is 5.67. The van der Waals surface area contributed by atoms with Crippen LogP contribution in [0.25, 0.3) is 0 Å². The van der Waals surface area contributed by atoms with Crippen LogP contribution in [0.2, 0.25) is 0 Å². The van der Waals surface area contributed by atoms with Gasteiger partial charge in [-0.1, -0.05) is 0 Å². The molecular formula is C12H23NO4. The number of alkyl carbamates (subject to hydrolysis) is 1. The van der Waals surface area contributed by atoms with Crippen LogP contribution in [0.5, 0.6) is 0 Å². The SMILES string of the molecule is CC(C)(C)OC(=O)NC[C@@H]1COCC[C@@H]1CO. The Hall–Kier alpha value is -0.810. The Morgan fingerprint density at radius 1 is 1.47 bits per heavy atom. The Bertz CT molecular complexity index is 249. The minimum Gasteiger partial charge on any atom is -0.444 e. The largest absolute Gasteiger partial charge is 0.444 e. The zero-order valence-corrected chi connectivity index (χ0v) is 10.9. The van der Waals surface area contributed by atoms with Crippen LogP contribution in [-0.4, -0.2) is 43.2 Å². The number of aliphatic hydroxyl groups excluding tert-OH is 1. The molecule has 1 heterocycles. The van der Waals surface area contributed by atoms with Gasteiger partial charge in [0.05, 0.1) is 6.61 Å². The summed E-state index contributed by atoms with van der Waals surface area (Å²) < 4.78 is 10.5. The number of aliphatic hydroxyl groups is 1. The summed E-state index contributed by atoms with van der Waals surface area (Å²) in [6, 6.07) is 0. The van der Waals surface area contributed by atoms with E-state index in [-0.39, 0.29) is 18.4 Å². The molecule has 0 spiro atoms. The van der Waals surface area contributed by atoms with E-state index >= 15 is 0 Å². The molecule has 17 heavy (non-hydrogen) atoms. The standard InChI is InChI=1S/C12H23NO4/c1-12(2,3)17-11(15)13-6-10-8-16-5-4-9(10)7-14/h9-10,14H,4-8H2,1-3H3,(H,13,15)/t9-,10-/m1/s1. The van der Waals surface area contributed by atoms with Crippen molar-refractivity contribution in [3.05, 3.63) is 0 Å². The van der Waals surface area contributed by atoms with Gasteiger partial charge in [-0.2, -0.15) is 0 Å². The molecule has 2 atom stereocenters. The predicted octanol–water partition coefficient (Wildman–Crippen LogP) is 1.16. The van der Waals surface area contributed by atoms with Gasteiger partial charge in [-0.15, -0.1) is 0 Å². The highest BCUT2D eigenvalue weighted by atomic mass is 16.6. The third-order valence-corrected chi connectivity index (χ3v) is 2.77. The van der Waals surface area contributed by atoms with E-state index < -0.39 is 11.7 Å². The molecule has 1 saturated heterocycles. The molecule has 1 fully saturated rings. The maximum absolute atomic E-state index is 11.5. The van der Waals surface area contributed by atoms with Gasteiger partial charge in [0.2, 0.25) is 0 Å². The Kier molecular flexibility index (Phi) is 5.21. The normalized spacial score (nSPS) is 25.4. The molecule has 0 aromatic rings. The van der Waals surface area contributed by atoms with Crippen molar-refractivity contribution < 1.29 is 19.4 Å². The molecule has 100 valence electrons. The molecule has 1 aliphatic rings. The van der Waals surface area contributed by atoms with Gasteiger partial charge in [-0.25, -0.2) is 4.79 Å². The lowest BCUT2D eigenvalue weighted by molar-refractivity contribution is -0.00473. The smallest absolute Gasteiger partial charge is 0.407 e. The monoisotopic (exact) mass is 245 g/mol. The third-order valence-electron chi connectivity index (χ3n) is 2.77. The topological polar surface area (TPSA) is 67.8 Å². The summed E-state index contributed by atoms with van der Waals surface area (Å²) in [4.78, 5) is 11.5. The Morgan fingerprint density at radius 2 is 2.18 bits per heavy atom. The highest BCUT2D eigenvalue weighted by Gasteiger charge is 2.26. The first-order valence-electron chi connectivity index (χ1n) is 6.08. The third kappa shape index (κ3) is 5.37.